The molecule has 108 valence electrons. The summed E-state index contributed by atoms with van der Waals surface area (Å²) >= 11 is 4.09. The van der Waals surface area contributed by atoms with Gasteiger partial charge in [0, 0.05) is 0 Å². The Bertz CT molecular complexity index is 738. The van der Waals surface area contributed by atoms with E-state index in [0.29, 0.717) is 15.9 Å². The second-order valence-corrected chi connectivity index (χ2v) is 6.82. The molecule has 0 atom stereocenters. The molecule has 0 aliphatic rings. The van der Waals surface area contributed by atoms with Gasteiger partial charge in [-0.1, -0.05) is 47.0 Å². The van der Waals surface area contributed by atoms with Crippen LogP contribution in [0.3, 0.4) is 0 Å². The van der Waals surface area contributed by atoms with Crippen LogP contribution in [0.4, 0.5) is 5.13 Å². The smallest absolute Gasteiger partial charge is 0.257 e. The van der Waals surface area contributed by atoms with Crippen LogP contribution >= 0.6 is 34.9 Å². The molecule has 0 aliphatic heterocycles. The topological polar surface area (TPSA) is 80.9 Å². The number of carbonyl (C=O) groups is 1. The number of anilines is 1. The van der Waals surface area contributed by atoms with E-state index in [2.05, 4.69) is 20.5 Å². The first-order valence-corrected chi connectivity index (χ1v) is 8.93. The fourth-order valence-electron chi connectivity index (χ4n) is 1.54. The summed E-state index contributed by atoms with van der Waals surface area (Å²) in [6, 6.07) is 7.49. The molecule has 6 nitrogen and oxygen atoms in total. The van der Waals surface area contributed by atoms with Gasteiger partial charge in [-0.3, -0.25) is 10.1 Å². The molecule has 0 aliphatic carbocycles. The lowest BCUT2D eigenvalue weighted by Crippen LogP contribution is -2.13. The lowest BCUT2D eigenvalue weighted by atomic mass is 10.3. The van der Waals surface area contributed by atoms with Gasteiger partial charge in [-0.2, -0.15) is 0 Å². The second kappa shape index (κ2) is 6.46. The Morgan fingerprint density at radius 3 is 3.00 bits per heavy atom. The summed E-state index contributed by atoms with van der Waals surface area (Å²) < 4.78 is 6.35. The molecule has 9 heteroatoms. The number of nitrogens with one attached hydrogen (secondary N) is 1. The van der Waals surface area contributed by atoms with Gasteiger partial charge in [0.15, 0.2) is 9.92 Å². The van der Waals surface area contributed by atoms with Crippen molar-refractivity contribution in [1.29, 1.82) is 0 Å². The average molecular weight is 338 g/mol. The Hall–Kier alpha value is -1.58. The standard InChI is InChI=1S/C12H10N4O2S3/c1-19-12-16-15-10(21-12)14-9(17)6-20-11-13-7-4-2-3-5-8(7)18-11/h2-5H,6H2,1H3,(H,14,15,17). The summed E-state index contributed by atoms with van der Waals surface area (Å²) in [6.45, 7) is 0. The summed E-state index contributed by atoms with van der Waals surface area (Å²) in [7, 11) is 0. The van der Waals surface area contributed by atoms with Crippen molar-refractivity contribution in [3.63, 3.8) is 0 Å². The first-order chi connectivity index (χ1) is 10.2. The fraction of sp³-hybridized carbons (Fsp3) is 0.167. The SMILES string of the molecule is CSc1nnc(NC(=O)CSc2nc3ccccc3o2)s1. The first-order valence-electron chi connectivity index (χ1n) is 5.90. The minimum Gasteiger partial charge on any atom is -0.431 e. The number of carbonyl (C=O) groups excluding carboxylic acids is 1. The normalized spacial score (nSPS) is 10.9. The maximum absolute atomic E-state index is 11.8. The zero-order valence-electron chi connectivity index (χ0n) is 10.9. The largest absolute Gasteiger partial charge is 0.431 e. The van der Waals surface area contributed by atoms with Gasteiger partial charge in [0.2, 0.25) is 11.0 Å². The number of nitrogens with zero attached hydrogens (tertiary/aromatic N) is 3. The van der Waals surface area contributed by atoms with Gasteiger partial charge in [-0.05, 0) is 18.4 Å². The minimum absolute atomic E-state index is 0.161. The molecule has 0 bridgehead atoms. The number of amides is 1. The predicted octanol–water partition coefficient (Wildman–Crippen LogP) is 3.13. The number of fused-ring (bicyclic) bond motifs is 1. The predicted molar refractivity (Wildman–Crippen MR) is 85.1 cm³/mol. The number of para-hydroxylation sites is 2. The summed E-state index contributed by atoms with van der Waals surface area (Å²) in [5.74, 6) is 0.0483. The van der Waals surface area contributed by atoms with Gasteiger partial charge >= 0.3 is 0 Å². The van der Waals surface area contributed by atoms with E-state index >= 15 is 0 Å². The number of aromatic nitrogens is 3. The molecule has 0 spiro atoms. The van der Waals surface area contributed by atoms with Gasteiger partial charge in [0.1, 0.15) is 5.52 Å². The van der Waals surface area contributed by atoms with Crippen LogP contribution in [-0.4, -0.2) is 33.1 Å². The van der Waals surface area contributed by atoms with Crippen molar-refractivity contribution in [2.24, 2.45) is 0 Å². The minimum atomic E-state index is -0.161. The Kier molecular flexibility index (Phi) is 4.42. The van der Waals surface area contributed by atoms with E-state index < -0.39 is 0 Å². The molecule has 0 fully saturated rings. The maximum atomic E-state index is 11.8. The highest BCUT2D eigenvalue weighted by Gasteiger charge is 2.11. The average Bonchev–Trinajstić information content (AvgIpc) is 3.10. The third-order valence-electron chi connectivity index (χ3n) is 2.43. The van der Waals surface area contributed by atoms with Crippen LogP contribution in [0.1, 0.15) is 0 Å². The molecular weight excluding hydrogens is 328 g/mol. The lowest BCUT2D eigenvalue weighted by Gasteiger charge is -1.97. The van der Waals surface area contributed by atoms with Gasteiger partial charge in [-0.25, -0.2) is 4.98 Å². The molecule has 0 unspecified atom stereocenters. The van der Waals surface area contributed by atoms with Crippen LogP contribution in [0.25, 0.3) is 11.1 Å². The Morgan fingerprint density at radius 1 is 1.38 bits per heavy atom. The van der Waals surface area contributed by atoms with Crippen LogP contribution in [-0.2, 0) is 4.79 Å². The van der Waals surface area contributed by atoms with E-state index in [9.17, 15) is 4.79 Å². The third kappa shape index (κ3) is 3.55. The van der Waals surface area contributed by atoms with E-state index in [1.54, 1.807) is 0 Å². The molecule has 1 N–H and O–H groups in total. The maximum Gasteiger partial charge on any atom is 0.257 e. The van der Waals surface area contributed by atoms with Crippen molar-refractivity contribution in [3.8, 4) is 0 Å². The summed E-state index contributed by atoms with van der Waals surface area (Å²) in [4.78, 5) is 16.1. The number of oxazole rings is 1. The molecule has 21 heavy (non-hydrogen) atoms. The van der Waals surface area contributed by atoms with Crippen molar-refractivity contribution in [1.82, 2.24) is 15.2 Å². The first kappa shape index (κ1) is 14.4. The lowest BCUT2D eigenvalue weighted by molar-refractivity contribution is -0.113. The Labute approximate surface area is 132 Å². The van der Waals surface area contributed by atoms with E-state index in [1.807, 2.05) is 30.5 Å². The number of rotatable bonds is 5. The van der Waals surface area contributed by atoms with Crippen molar-refractivity contribution in [2.75, 3.05) is 17.3 Å². The van der Waals surface area contributed by atoms with Crippen LogP contribution in [0.15, 0.2) is 38.2 Å². The highest BCUT2D eigenvalue weighted by Crippen LogP contribution is 2.25. The van der Waals surface area contributed by atoms with Gasteiger partial charge in [0.25, 0.3) is 5.22 Å². The monoisotopic (exact) mass is 338 g/mol. The van der Waals surface area contributed by atoms with Crippen LogP contribution in [0, 0.1) is 0 Å². The molecule has 3 rings (SSSR count). The number of benzene rings is 1. The van der Waals surface area contributed by atoms with E-state index in [0.717, 1.165) is 9.86 Å². The summed E-state index contributed by atoms with van der Waals surface area (Å²) in [5, 5.41) is 11.5. The zero-order valence-corrected chi connectivity index (χ0v) is 13.3. The van der Waals surface area contributed by atoms with Crippen molar-refractivity contribution >= 4 is 57.0 Å². The molecule has 1 amide bonds. The Balaban J connectivity index is 1.57. The fourth-order valence-corrected chi connectivity index (χ4v) is 3.36. The number of hydrogen-bond donors (Lipinski definition) is 1. The van der Waals surface area contributed by atoms with Crippen LogP contribution in [0.2, 0.25) is 0 Å². The highest BCUT2D eigenvalue weighted by molar-refractivity contribution is 8.00. The van der Waals surface area contributed by atoms with Gasteiger partial charge in [0.05, 0.1) is 5.75 Å². The van der Waals surface area contributed by atoms with Gasteiger partial charge in [-0.15, -0.1) is 10.2 Å². The summed E-state index contributed by atoms with van der Waals surface area (Å²) in [5.41, 5.74) is 1.50. The van der Waals surface area contributed by atoms with E-state index in [4.69, 9.17) is 4.42 Å². The second-order valence-electron chi connectivity index (χ2n) is 3.86. The quantitative estimate of drug-likeness (QED) is 0.565. The Morgan fingerprint density at radius 2 is 2.24 bits per heavy atom. The molecule has 1 aromatic carbocycles. The van der Waals surface area contributed by atoms with Crippen molar-refractivity contribution in [2.45, 2.75) is 9.56 Å². The molecule has 0 saturated carbocycles. The van der Waals surface area contributed by atoms with Crippen molar-refractivity contribution in [3.05, 3.63) is 24.3 Å². The molecule has 0 saturated heterocycles. The molecular formula is C12H10N4O2S3. The van der Waals surface area contributed by atoms with E-state index in [-0.39, 0.29) is 11.7 Å². The molecule has 3 aromatic rings. The zero-order chi connectivity index (χ0) is 14.7. The highest BCUT2D eigenvalue weighted by atomic mass is 32.2. The number of thioether (sulfide) groups is 2. The number of hydrogen-bond acceptors (Lipinski definition) is 8. The van der Waals surface area contributed by atoms with Crippen molar-refractivity contribution < 1.29 is 9.21 Å². The van der Waals surface area contributed by atoms with E-state index in [1.165, 1.54) is 34.9 Å². The van der Waals surface area contributed by atoms with Crippen LogP contribution in [0.5, 0.6) is 0 Å². The molecule has 0 radical (unpaired) electrons. The molecule has 2 heterocycles. The van der Waals surface area contributed by atoms with Crippen LogP contribution < -0.4 is 5.32 Å². The molecule has 2 aromatic heterocycles. The van der Waals surface area contributed by atoms with Gasteiger partial charge < -0.3 is 4.42 Å². The summed E-state index contributed by atoms with van der Waals surface area (Å²) in [6.07, 6.45) is 1.91. The third-order valence-corrected chi connectivity index (χ3v) is 5.07.